The van der Waals surface area contributed by atoms with Crippen molar-refractivity contribution in [3.63, 3.8) is 0 Å². The molecule has 0 saturated heterocycles. The molecule has 17 heavy (non-hydrogen) atoms. The van der Waals surface area contributed by atoms with Crippen molar-refractivity contribution in [2.24, 2.45) is 5.92 Å². The summed E-state index contributed by atoms with van der Waals surface area (Å²) >= 11 is 1.61. The highest BCUT2D eigenvalue weighted by molar-refractivity contribution is 8.01. The number of amides is 1. The van der Waals surface area contributed by atoms with Crippen LogP contribution in [0.15, 0.2) is 0 Å². The third kappa shape index (κ3) is 7.66. The second-order valence-corrected chi connectivity index (χ2v) is 7.65. The quantitative estimate of drug-likeness (QED) is 0.772. The van der Waals surface area contributed by atoms with E-state index < -0.39 is 5.60 Å². The Labute approximate surface area is 110 Å². The average Bonchev–Trinajstić information content (AvgIpc) is 2.21. The monoisotopic (exact) mass is 261 g/mol. The summed E-state index contributed by atoms with van der Waals surface area (Å²) in [5.74, 6) is 0.617. The molecule has 2 N–H and O–H groups in total. The van der Waals surface area contributed by atoms with Crippen LogP contribution >= 0.6 is 11.8 Å². The molecule has 1 amide bonds. The lowest BCUT2D eigenvalue weighted by Gasteiger charge is -2.30. The molecule has 0 heterocycles. The van der Waals surface area contributed by atoms with Crippen LogP contribution in [0.2, 0.25) is 0 Å². The average molecular weight is 261 g/mol. The van der Waals surface area contributed by atoms with Gasteiger partial charge in [0, 0.05) is 11.3 Å². The van der Waals surface area contributed by atoms with E-state index in [9.17, 15) is 9.90 Å². The van der Waals surface area contributed by atoms with Crippen LogP contribution < -0.4 is 5.32 Å². The Kier molecular flexibility index (Phi) is 6.56. The van der Waals surface area contributed by atoms with E-state index in [0.29, 0.717) is 12.3 Å². The van der Waals surface area contributed by atoms with Crippen molar-refractivity contribution < 1.29 is 9.90 Å². The van der Waals surface area contributed by atoms with E-state index in [1.54, 1.807) is 18.7 Å². The summed E-state index contributed by atoms with van der Waals surface area (Å²) in [6.07, 6.45) is 0.902. The molecule has 0 bridgehead atoms. The van der Waals surface area contributed by atoms with Gasteiger partial charge < -0.3 is 10.4 Å². The first kappa shape index (κ1) is 16.8. The van der Waals surface area contributed by atoms with E-state index in [2.05, 4.69) is 26.1 Å². The molecule has 0 aliphatic rings. The highest BCUT2D eigenvalue weighted by atomic mass is 32.2. The Morgan fingerprint density at radius 2 is 1.88 bits per heavy atom. The number of hydrogen-bond acceptors (Lipinski definition) is 3. The third-order valence-electron chi connectivity index (χ3n) is 2.95. The molecule has 2 unspecified atom stereocenters. The van der Waals surface area contributed by atoms with Crippen LogP contribution in [-0.4, -0.2) is 33.7 Å². The van der Waals surface area contributed by atoms with Gasteiger partial charge in [-0.3, -0.25) is 4.79 Å². The van der Waals surface area contributed by atoms with E-state index in [4.69, 9.17) is 0 Å². The van der Waals surface area contributed by atoms with E-state index in [1.807, 2.05) is 13.8 Å². The summed E-state index contributed by atoms with van der Waals surface area (Å²) in [4.78, 5) is 11.6. The summed E-state index contributed by atoms with van der Waals surface area (Å²) in [5, 5.41) is 12.9. The number of aliphatic hydroxyl groups is 1. The Bertz CT molecular complexity index is 246. The smallest absolute Gasteiger partial charge is 0.230 e. The van der Waals surface area contributed by atoms with Crippen LogP contribution in [0.25, 0.3) is 0 Å². The highest BCUT2D eigenvalue weighted by Crippen LogP contribution is 2.23. The first-order chi connectivity index (χ1) is 7.58. The van der Waals surface area contributed by atoms with Crippen LogP contribution in [-0.2, 0) is 4.79 Å². The number of nitrogens with one attached hydrogen (secondary N) is 1. The summed E-state index contributed by atoms with van der Waals surface area (Å²) in [6.45, 7) is 12.4. The number of carbonyl (C=O) groups is 1. The van der Waals surface area contributed by atoms with E-state index in [1.165, 1.54) is 0 Å². The zero-order chi connectivity index (χ0) is 13.7. The molecular formula is C13H27NO2S. The van der Waals surface area contributed by atoms with Crippen LogP contribution in [0.1, 0.15) is 48.0 Å². The second-order valence-electron chi connectivity index (χ2n) is 5.84. The molecular weight excluding hydrogens is 234 g/mol. The van der Waals surface area contributed by atoms with Gasteiger partial charge in [-0.15, -0.1) is 11.8 Å². The number of carbonyl (C=O) groups excluding carboxylic acids is 1. The van der Waals surface area contributed by atoms with Gasteiger partial charge in [0.1, 0.15) is 0 Å². The molecule has 0 aromatic carbocycles. The Morgan fingerprint density at radius 1 is 1.35 bits per heavy atom. The van der Waals surface area contributed by atoms with Crippen LogP contribution in [0.4, 0.5) is 0 Å². The lowest BCUT2D eigenvalue weighted by molar-refractivity contribution is -0.120. The molecule has 0 saturated carbocycles. The molecule has 3 nitrogen and oxygen atoms in total. The molecule has 102 valence electrons. The molecule has 2 atom stereocenters. The standard InChI is InChI=1S/C13H27NO2S/c1-7-10(2)13(6,16)9-14-11(15)8-17-12(3,4)5/h10,16H,7-9H2,1-6H3,(H,14,15). The number of hydrogen-bond donors (Lipinski definition) is 2. The van der Waals surface area contributed by atoms with Crippen molar-refractivity contribution >= 4 is 17.7 Å². The van der Waals surface area contributed by atoms with Gasteiger partial charge in [0.2, 0.25) is 5.91 Å². The van der Waals surface area contributed by atoms with Gasteiger partial charge in [-0.2, -0.15) is 0 Å². The predicted octanol–water partition coefficient (Wildman–Crippen LogP) is 2.43. The van der Waals surface area contributed by atoms with Crippen LogP contribution in [0, 0.1) is 5.92 Å². The Balaban J connectivity index is 4.00. The minimum Gasteiger partial charge on any atom is -0.388 e. The van der Waals surface area contributed by atoms with Gasteiger partial charge in [-0.05, 0) is 12.8 Å². The number of rotatable bonds is 6. The van der Waals surface area contributed by atoms with E-state index >= 15 is 0 Å². The third-order valence-corrected chi connectivity index (χ3v) is 4.23. The van der Waals surface area contributed by atoms with Crippen molar-refractivity contribution in [2.45, 2.75) is 58.3 Å². The minimum atomic E-state index is -0.823. The molecule has 0 spiro atoms. The van der Waals surface area contributed by atoms with Crippen molar-refractivity contribution in [2.75, 3.05) is 12.3 Å². The summed E-state index contributed by atoms with van der Waals surface area (Å²) in [7, 11) is 0. The Hall–Kier alpha value is -0.220. The maximum atomic E-state index is 11.6. The lowest BCUT2D eigenvalue weighted by atomic mass is 9.89. The van der Waals surface area contributed by atoms with Crippen molar-refractivity contribution in [1.82, 2.24) is 5.32 Å². The van der Waals surface area contributed by atoms with E-state index in [-0.39, 0.29) is 16.6 Å². The fourth-order valence-corrected chi connectivity index (χ4v) is 1.89. The summed E-state index contributed by atoms with van der Waals surface area (Å²) < 4.78 is 0.0938. The molecule has 0 aromatic rings. The van der Waals surface area contributed by atoms with Gasteiger partial charge in [0.25, 0.3) is 0 Å². The van der Waals surface area contributed by atoms with Gasteiger partial charge in [-0.1, -0.05) is 41.0 Å². The second kappa shape index (κ2) is 6.64. The van der Waals surface area contributed by atoms with Gasteiger partial charge >= 0.3 is 0 Å². The minimum absolute atomic E-state index is 0.00602. The first-order valence-corrected chi connectivity index (χ1v) is 7.20. The molecule has 0 rings (SSSR count). The zero-order valence-corrected chi connectivity index (χ0v) is 12.8. The van der Waals surface area contributed by atoms with Crippen molar-refractivity contribution in [3.05, 3.63) is 0 Å². The summed E-state index contributed by atoms with van der Waals surface area (Å²) in [5.41, 5.74) is -0.823. The fourth-order valence-electron chi connectivity index (χ4n) is 1.22. The normalized spacial score (nSPS) is 17.4. The maximum absolute atomic E-state index is 11.6. The predicted molar refractivity (Wildman–Crippen MR) is 75.3 cm³/mol. The Morgan fingerprint density at radius 3 is 2.29 bits per heavy atom. The van der Waals surface area contributed by atoms with Crippen LogP contribution in [0.5, 0.6) is 0 Å². The van der Waals surface area contributed by atoms with Crippen molar-refractivity contribution in [1.29, 1.82) is 0 Å². The number of thioether (sulfide) groups is 1. The molecule has 0 aromatic heterocycles. The lowest BCUT2D eigenvalue weighted by Crippen LogP contribution is -2.45. The zero-order valence-electron chi connectivity index (χ0n) is 12.0. The molecule has 0 aliphatic carbocycles. The molecule has 0 radical (unpaired) electrons. The molecule has 0 aliphatic heterocycles. The maximum Gasteiger partial charge on any atom is 0.230 e. The highest BCUT2D eigenvalue weighted by Gasteiger charge is 2.27. The molecule has 4 heteroatoms. The molecule has 0 fully saturated rings. The van der Waals surface area contributed by atoms with E-state index in [0.717, 1.165) is 6.42 Å². The topological polar surface area (TPSA) is 49.3 Å². The van der Waals surface area contributed by atoms with Gasteiger partial charge in [-0.25, -0.2) is 0 Å². The van der Waals surface area contributed by atoms with Gasteiger partial charge in [0.05, 0.1) is 11.4 Å². The first-order valence-electron chi connectivity index (χ1n) is 6.21. The van der Waals surface area contributed by atoms with Crippen LogP contribution in [0.3, 0.4) is 0 Å². The van der Waals surface area contributed by atoms with Crippen molar-refractivity contribution in [3.8, 4) is 0 Å². The van der Waals surface area contributed by atoms with Gasteiger partial charge in [0.15, 0.2) is 0 Å². The largest absolute Gasteiger partial charge is 0.388 e. The SMILES string of the molecule is CCC(C)C(C)(O)CNC(=O)CSC(C)(C)C. The fraction of sp³-hybridized carbons (Fsp3) is 0.923. The summed E-state index contributed by atoms with van der Waals surface area (Å²) in [6, 6.07) is 0.